The zero-order valence-electron chi connectivity index (χ0n) is 28.0. The minimum Gasteiger partial charge on any atom is -0.464 e. The van der Waals surface area contributed by atoms with Gasteiger partial charge in [-0.15, -0.1) is 0 Å². The topological polar surface area (TPSA) is 90.2 Å². The quantitative estimate of drug-likeness (QED) is 0.290. The highest BCUT2D eigenvalue weighted by Crippen LogP contribution is 2.77. The summed E-state index contributed by atoms with van der Waals surface area (Å²) in [5.41, 5.74) is 0.304. The van der Waals surface area contributed by atoms with E-state index >= 15 is 0 Å². The summed E-state index contributed by atoms with van der Waals surface area (Å²) in [6, 6.07) is 0. The van der Waals surface area contributed by atoms with Gasteiger partial charge in [-0.3, -0.25) is 9.69 Å². The number of esters is 1. The average Bonchev–Trinajstić information content (AvgIpc) is 3.33. The third-order valence-corrected chi connectivity index (χ3v) is 15.2. The second kappa shape index (κ2) is 11.6. The van der Waals surface area contributed by atoms with E-state index in [-0.39, 0.29) is 52.4 Å². The third-order valence-electron chi connectivity index (χ3n) is 15.2. The van der Waals surface area contributed by atoms with Crippen LogP contribution in [0.2, 0.25) is 0 Å². The summed E-state index contributed by atoms with van der Waals surface area (Å²) in [4.78, 5) is 16.2. The number of fused-ring (bicyclic) bond motifs is 7. The van der Waals surface area contributed by atoms with Crippen LogP contribution in [0.3, 0.4) is 0 Å². The predicted molar refractivity (Wildman–Crippen MR) is 167 cm³/mol. The molecule has 242 valence electrons. The second-order valence-electron chi connectivity index (χ2n) is 17.1. The van der Waals surface area contributed by atoms with Gasteiger partial charge >= 0.3 is 5.97 Å². The van der Waals surface area contributed by atoms with Gasteiger partial charge in [-0.1, -0.05) is 48.5 Å². The Labute approximate surface area is 256 Å². The molecule has 0 amide bonds. The van der Waals surface area contributed by atoms with Gasteiger partial charge in [0.05, 0.1) is 24.7 Å². The SMILES string of the molecule is CC(C)[C@@H]1CC[C@]2(C(=O)OCCN(CCO)CCO)CC[C@]3(C)[C@H](CC[C@@H]4[C@@]5(C)CC[C@H](O)C(C)(C)[C@@H]5CC[C@]43C)[C@@H]12. The molecule has 6 heteroatoms. The highest BCUT2D eigenvalue weighted by molar-refractivity contribution is 5.78. The normalized spacial score (nSPS) is 46.1. The number of nitrogens with zero attached hydrogens (tertiary/aromatic N) is 1. The Hall–Kier alpha value is -0.690. The number of rotatable bonds is 9. The average molecular weight is 590 g/mol. The standard InChI is InChI=1S/C36H63NO5/c1-24(2)25-10-15-36(31(41)42-23-20-37(18-21-38)19-22-39)17-16-34(6)26(30(25)36)8-9-28-33(5)13-12-29(40)32(3,4)27(33)11-14-35(28,34)7/h24-30,38-40H,8-23H2,1-7H3/t25-,26+,27-,28+,29-,30+,33-,34+,35+,36-/m0/s1. The fourth-order valence-corrected chi connectivity index (χ4v) is 12.8. The number of carbonyl (C=O) groups is 1. The molecule has 0 aromatic carbocycles. The molecule has 0 radical (unpaired) electrons. The van der Waals surface area contributed by atoms with Crippen LogP contribution in [0.15, 0.2) is 0 Å². The van der Waals surface area contributed by atoms with Gasteiger partial charge < -0.3 is 20.1 Å². The van der Waals surface area contributed by atoms with Crippen LogP contribution in [0.4, 0.5) is 0 Å². The second-order valence-corrected chi connectivity index (χ2v) is 17.1. The fourth-order valence-electron chi connectivity index (χ4n) is 12.8. The van der Waals surface area contributed by atoms with E-state index in [1.807, 2.05) is 4.90 Å². The highest BCUT2D eigenvalue weighted by atomic mass is 16.5. The van der Waals surface area contributed by atoms with Gasteiger partial charge in [0.1, 0.15) is 6.61 Å². The van der Waals surface area contributed by atoms with Crippen molar-refractivity contribution in [2.24, 2.45) is 62.6 Å². The molecular weight excluding hydrogens is 526 g/mol. The summed E-state index contributed by atoms with van der Waals surface area (Å²) in [5.74, 6) is 3.28. The molecule has 5 aliphatic rings. The molecule has 0 heterocycles. The molecule has 0 aliphatic heterocycles. The van der Waals surface area contributed by atoms with Crippen LogP contribution >= 0.6 is 0 Å². The zero-order chi connectivity index (χ0) is 30.7. The molecule has 0 aromatic rings. The number of aliphatic hydroxyl groups excluding tert-OH is 3. The van der Waals surface area contributed by atoms with E-state index < -0.39 is 0 Å². The van der Waals surface area contributed by atoms with Crippen molar-refractivity contribution < 1.29 is 24.9 Å². The van der Waals surface area contributed by atoms with Gasteiger partial charge in [-0.25, -0.2) is 0 Å². The Bertz CT molecular complexity index is 978. The summed E-state index contributed by atoms with van der Waals surface area (Å²) in [6.07, 6.45) is 10.9. The Morgan fingerprint density at radius 2 is 1.50 bits per heavy atom. The van der Waals surface area contributed by atoms with E-state index in [4.69, 9.17) is 4.74 Å². The molecule has 10 atom stereocenters. The number of hydrogen-bond acceptors (Lipinski definition) is 6. The van der Waals surface area contributed by atoms with E-state index in [1.54, 1.807) is 0 Å². The largest absolute Gasteiger partial charge is 0.464 e. The first kappa shape index (κ1) is 32.7. The van der Waals surface area contributed by atoms with Gasteiger partial charge in [0, 0.05) is 19.6 Å². The van der Waals surface area contributed by atoms with Gasteiger partial charge in [-0.2, -0.15) is 0 Å². The maximum absolute atomic E-state index is 14.2. The fraction of sp³-hybridized carbons (Fsp3) is 0.972. The van der Waals surface area contributed by atoms with Gasteiger partial charge in [0.25, 0.3) is 0 Å². The predicted octanol–water partition coefficient (Wildman–Crippen LogP) is 5.91. The van der Waals surface area contributed by atoms with E-state index in [0.29, 0.717) is 61.7 Å². The molecule has 5 saturated carbocycles. The van der Waals surface area contributed by atoms with Crippen molar-refractivity contribution in [1.29, 1.82) is 0 Å². The third kappa shape index (κ3) is 4.74. The van der Waals surface area contributed by atoms with Gasteiger partial charge in [0.2, 0.25) is 0 Å². The minimum absolute atomic E-state index is 0.0246. The van der Waals surface area contributed by atoms with E-state index in [2.05, 4.69) is 48.5 Å². The lowest BCUT2D eigenvalue weighted by molar-refractivity contribution is -0.250. The molecule has 0 spiro atoms. The molecule has 5 aliphatic carbocycles. The summed E-state index contributed by atoms with van der Waals surface area (Å²) in [5, 5.41) is 29.8. The molecule has 0 unspecified atom stereocenters. The molecule has 0 bridgehead atoms. The summed E-state index contributed by atoms with van der Waals surface area (Å²) in [7, 11) is 0. The van der Waals surface area contributed by atoms with Crippen molar-refractivity contribution in [2.45, 2.75) is 119 Å². The van der Waals surface area contributed by atoms with Crippen molar-refractivity contribution in [3.63, 3.8) is 0 Å². The molecular formula is C36H63NO5. The van der Waals surface area contributed by atoms with Crippen LogP contribution in [-0.2, 0) is 9.53 Å². The molecule has 5 fully saturated rings. The first-order valence-corrected chi connectivity index (χ1v) is 17.5. The lowest BCUT2D eigenvalue weighted by Gasteiger charge is -2.72. The Balaban J connectivity index is 1.42. The molecule has 0 saturated heterocycles. The number of ether oxygens (including phenoxy) is 1. The smallest absolute Gasteiger partial charge is 0.312 e. The first-order valence-electron chi connectivity index (χ1n) is 17.5. The van der Waals surface area contributed by atoms with Crippen molar-refractivity contribution in [2.75, 3.05) is 39.5 Å². The van der Waals surface area contributed by atoms with E-state index in [0.717, 1.165) is 38.5 Å². The van der Waals surface area contributed by atoms with Crippen molar-refractivity contribution >= 4 is 5.97 Å². The Kier molecular flexibility index (Phi) is 9.02. The highest BCUT2D eigenvalue weighted by Gasteiger charge is 2.72. The first-order chi connectivity index (χ1) is 19.7. The van der Waals surface area contributed by atoms with Crippen LogP contribution in [0.5, 0.6) is 0 Å². The van der Waals surface area contributed by atoms with Crippen LogP contribution < -0.4 is 0 Å². The van der Waals surface area contributed by atoms with Crippen molar-refractivity contribution in [1.82, 2.24) is 4.90 Å². The maximum Gasteiger partial charge on any atom is 0.312 e. The number of hydrogen-bond donors (Lipinski definition) is 3. The van der Waals surface area contributed by atoms with Crippen LogP contribution in [0.1, 0.15) is 113 Å². The Morgan fingerprint density at radius 1 is 0.810 bits per heavy atom. The number of aliphatic hydroxyl groups is 3. The summed E-state index contributed by atoms with van der Waals surface area (Å²) >= 11 is 0. The Morgan fingerprint density at radius 3 is 2.14 bits per heavy atom. The maximum atomic E-state index is 14.2. The molecule has 0 aromatic heterocycles. The minimum atomic E-state index is -0.376. The van der Waals surface area contributed by atoms with E-state index in [1.165, 1.54) is 25.7 Å². The van der Waals surface area contributed by atoms with Crippen LogP contribution in [0.25, 0.3) is 0 Å². The lowest BCUT2D eigenvalue weighted by Crippen LogP contribution is -2.67. The van der Waals surface area contributed by atoms with Crippen LogP contribution in [-0.4, -0.2) is 71.7 Å². The number of carbonyl (C=O) groups excluding carboxylic acids is 1. The van der Waals surface area contributed by atoms with Crippen molar-refractivity contribution in [3.8, 4) is 0 Å². The van der Waals surface area contributed by atoms with Crippen molar-refractivity contribution in [3.05, 3.63) is 0 Å². The molecule has 6 nitrogen and oxygen atoms in total. The molecule has 5 rings (SSSR count). The monoisotopic (exact) mass is 589 g/mol. The molecule has 42 heavy (non-hydrogen) atoms. The summed E-state index contributed by atoms with van der Waals surface area (Å²) in [6.45, 7) is 19.2. The molecule has 3 N–H and O–H groups in total. The van der Waals surface area contributed by atoms with Gasteiger partial charge in [-0.05, 0) is 121 Å². The lowest BCUT2D eigenvalue weighted by atomic mass is 9.32. The zero-order valence-corrected chi connectivity index (χ0v) is 28.0. The summed E-state index contributed by atoms with van der Waals surface area (Å²) < 4.78 is 6.13. The van der Waals surface area contributed by atoms with E-state index in [9.17, 15) is 20.1 Å². The van der Waals surface area contributed by atoms with Gasteiger partial charge in [0.15, 0.2) is 0 Å². The van der Waals surface area contributed by atoms with Crippen LogP contribution in [0, 0.1) is 62.6 Å².